The van der Waals surface area contributed by atoms with E-state index in [1.165, 1.54) is 302 Å². The van der Waals surface area contributed by atoms with Crippen LogP contribution < -0.4 is 5.32 Å². The molecule has 0 saturated heterocycles. The van der Waals surface area contributed by atoms with E-state index in [-0.39, 0.29) is 0 Å². The lowest BCUT2D eigenvalue weighted by molar-refractivity contribution is -0.132. The van der Waals surface area contributed by atoms with Crippen LogP contribution in [-0.2, 0) is 4.79 Å². The van der Waals surface area contributed by atoms with Crippen molar-refractivity contribution >= 4 is 5.91 Å². The number of carbonyl (C=O) groups is 1. The molecule has 6 heteroatoms. The summed E-state index contributed by atoms with van der Waals surface area (Å²) in [5.41, 5.74) is 0. The van der Waals surface area contributed by atoms with Gasteiger partial charge in [0.05, 0.1) is 18.8 Å². The van der Waals surface area contributed by atoms with Crippen LogP contribution in [0, 0.1) is 0 Å². The first kappa shape index (κ1) is 77.3. The summed E-state index contributed by atoms with van der Waals surface area (Å²) in [6.07, 6.45) is 88.2. The number of carbonyl (C=O) groups excluding carboxylic acids is 1. The van der Waals surface area contributed by atoms with Crippen LogP contribution in [-0.4, -0.2) is 57.3 Å². The van der Waals surface area contributed by atoms with Gasteiger partial charge in [-0.15, -0.1) is 0 Å². The fraction of sp³-hybridized carbons (Fsp3) is 0.877. The van der Waals surface area contributed by atoms with Crippen LogP contribution in [0.4, 0.5) is 0 Å². The van der Waals surface area contributed by atoms with E-state index < -0.39 is 36.9 Å². The first-order chi connectivity index (χ1) is 39.0. The van der Waals surface area contributed by atoms with Gasteiger partial charge >= 0.3 is 0 Å². The summed E-state index contributed by atoms with van der Waals surface area (Å²) >= 11 is 0. The molecule has 4 atom stereocenters. The zero-order valence-corrected chi connectivity index (χ0v) is 53.1. The molecule has 5 N–H and O–H groups in total. The first-order valence-electron chi connectivity index (χ1n) is 35.5. The maximum Gasteiger partial charge on any atom is 0.249 e. The minimum atomic E-state index is -1.29. The minimum absolute atomic E-state index is 0.360. The van der Waals surface area contributed by atoms with Crippen LogP contribution in [0.2, 0.25) is 0 Å². The zero-order valence-electron chi connectivity index (χ0n) is 53.1. The number of rotatable bonds is 66. The van der Waals surface area contributed by atoms with Gasteiger partial charge in [-0.05, 0) is 83.5 Å². The van der Waals surface area contributed by atoms with Crippen molar-refractivity contribution in [2.75, 3.05) is 6.61 Å². The maximum atomic E-state index is 12.7. The van der Waals surface area contributed by atoms with Crippen LogP contribution in [0.3, 0.4) is 0 Å². The fourth-order valence-electron chi connectivity index (χ4n) is 11.2. The molecule has 0 rings (SSSR count). The molecule has 0 fully saturated rings. The topological polar surface area (TPSA) is 110 Å². The molecule has 0 spiro atoms. The Morgan fingerprint density at radius 2 is 0.570 bits per heavy atom. The Kier molecular flexibility index (Phi) is 65.6. The van der Waals surface area contributed by atoms with E-state index in [1.54, 1.807) is 0 Å². The summed E-state index contributed by atoms with van der Waals surface area (Å²) in [4.78, 5) is 12.7. The predicted molar refractivity (Wildman–Crippen MR) is 348 cm³/mol. The standard InChI is InChI=1S/C73H139NO5/c1-3-5-7-9-11-13-15-17-19-21-23-25-27-29-30-31-32-33-34-35-36-37-38-39-40-41-43-45-47-49-51-53-55-57-59-61-63-65-67-71(77)73(79)74-69(68-75)72(78)70(76)66-64-62-60-58-56-54-52-50-48-46-44-42-28-26-24-22-20-18-16-14-12-10-8-6-4-2/h32-33,35-36,50,52,58,60,69-72,75-78H,3-31,34,37-49,51,53-57,59,61-68H2,1-2H3,(H,74,79)/b33-32-,36-35-,52-50+,60-58+. The molecule has 0 saturated carbocycles. The van der Waals surface area contributed by atoms with E-state index in [9.17, 15) is 25.2 Å². The summed E-state index contributed by atoms with van der Waals surface area (Å²) < 4.78 is 0. The molecule has 0 bridgehead atoms. The van der Waals surface area contributed by atoms with Gasteiger partial charge in [0.2, 0.25) is 5.91 Å². The van der Waals surface area contributed by atoms with E-state index in [4.69, 9.17) is 0 Å². The highest BCUT2D eigenvalue weighted by atomic mass is 16.3. The Bertz CT molecular complexity index is 1290. The summed E-state index contributed by atoms with van der Waals surface area (Å²) in [5.74, 6) is -0.593. The summed E-state index contributed by atoms with van der Waals surface area (Å²) in [6.45, 7) is 4.09. The van der Waals surface area contributed by atoms with Crippen LogP contribution in [0.1, 0.15) is 380 Å². The Balaban J connectivity index is 3.58. The van der Waals surface area contributed by atoms with Gasteiger partial charge in [0.15, 0.2) is 0 Å². The number of aliphatic hydroxyl groups excluding tert-OH is 4. The SMILES string of the molecule is CCCCCCCCCCCCCCCCC/C=C\C/C=C\CCCCCCCCCCCCCCCCCCC(O)C(=O)NC(CO)C(O)C(O)CCC/C=C/CC/C=C/CCCCCCCCCCCCCCCCCC. The molecule has 0 aliphatic carbocycles. The minimum Gasteiger partial charge on any atom is -0.394 e. The highest BCUT2D eigenvalue weighted by molar-refractivity contribution is 5.80. The van der Waals surface area contributed by atoms with Crippen molar-refractivity contribution in [2.24, 2.45) is 0 Å². The second-order valence-corrected chi connectivity index (χ2v) is 24.6. The molecule has 0 radical (unpaired) electrons. The highest BCUT2D eigenvalue weighted by Gasteiger charge is 2.28. The summed E-state index contributed by atoms with van der Waals surface area (Å²) in [5, 5.41) is 44.2. The van der Waals surface area contributed by atoms with Gasteiger partial charge in [0.25, 0.3) is 0 Å². The Hall–Kier alpha value is -1.73. The van der Waals surface area contributed by atoms with Gasteiger partial charge in [-0.1, -0.05) is 345 Å². The third-order valence-electron chi connectivity index (χ3n) is 16.7. The monoisotopic (exact) mass is 1110 g/mol. The molecule has 0 aromatic rings. The number of hydrogen-bond donors (Lipinski definition) is 5. The highest BCUT2D eigenvalue weighted by Crippen LogP contribution is 2.19. The molecule has 466 valence electrons. The molecule has 0 aliphatic rings. The smallest absolute Gasteiger partial charge is 0.249 e. The molecule has 0 heterocycles. The van der Waals surface area contributed by atoms with Crippen LogP contribution in [0.5, 0.6) is 0 Å². The van der Waals surface area contributed by atoms with E-state index >= 15 is 0 Å². The molecule has 6 nitrogen and oxygen atoms in total. The number of hydrogen-bond acceptors (Lipinski definition) is 5. The Labute approximate surface area is 493 Å². The van der Waals surface area contributed by atoms with Gasteiger partial charge in [-0.2, -0.15) is 0 Å². The van der Waals surface area contributed by atoms with Gasteiger partial charge < -0.3 is 25.7 Å². The molecular weight excluding hydrogens is 971 g/mol. The lowest BCUT2D eigenvalue weighted by atomic mass is 10.00. The molecular formula is C73H139NO5. The summed E-state index contributed by atoms with van der Waals surface area (Å²) in [7, 11) is 0. The molecule has 0 aliphatic heterocycles. The van der Waals surface area contributed by atoms with Crippen LogP contribution in [0.15, 0.2) is 48.6 Å². The van der Waals surface area contributed by atoms with Crippen molar-refractivity contribution in [3.8, 4) is 0 Å². The van der Waals surface area contributed by atoms with Gasteiger partial charge in [0.1, 0.15) is 12.2 Å². The van der Waals surface area contributed by atoms with Crippen molar-refractivity contribution in [1.29, 1.82) is 0 Å². The van der Waals surface area contributed by atoms with Crippen molar-refractivity contribution < 1.29 is 25.2 Å². The van der Waals surface area contributed by atoms with Crippen molar-refractivity contribution in [2.45, 2.75) is 404 Å². The largest absolute Gasteiger partial charge is 0.394 e. The number of amides is 1. The molecule has 1 amide bonds. The number of nitrogens with one attached hydrogen (secondary N) is 1. The van der Waals surface area contributed by atoms with Gasteiger partial charge in [-0.25, -0.2) is 0 Å². The van der Waals surface area contributed by atoms with Crippen LogP contribution in [0.25, 0.3) is 0 Å². The van der Waals surface area contributed by atoms with Crippen LogP contribution >= 0.6 is 0 Å². The Morgan fingerprint density at radius 1 is 0.316 bits per heavy atom. The summed E-state index contributed by atoms with van der Waals surface area (Å²) in [6, 6.07) is -1.01. The lowest BCUT2D eigenvalue weighted by Crippen LogP contribution is -2.53. The zero-order chi connectivity index (χ0) is 57.3. The second kappa shape index (κ2) is 67.1. The number of unbranched alkanes of at least 4 members (excludes halogenated alkanes) is 49. The number of allylic oxidation sites excluding steroid dienone is 8. The normalized spacial score (nSPS) is 13.7. The van der Waals surface area contributed by atoms with E-state index in [1.807, 2.05) is 0 Å². The number of aliphatic hydroxyl groups is 4. The molecule has 79 heavy (non-hydrogen) atoms. The van der Waals surface area contributed by atoms with Gasteiger partial charge in [0, 0.05) is 0 Å². The first-order valence-corrected chi connectivity index (χ1v) is 35.5. The maximum absolute atomic E-state index is 12.7. The van der Waals surface area contributed by atoms with E-state index in [0.29, 0.717) is 19.3 Å². The van der Waals surface area contributed by atoms with Crippen molar-refractivity contribution in [1.82, 2.24) is 5.32 Å². The quantitative estimate of drug-likeness (QED) is 0.0308. The third kappa shape index (κ3) is 60.7. The average molecular weight is 1110 g/mol. The lowest BCUT2D eigenvalue weighted by Gasteiger charge is -2.27. The molecule has 4 unspecified atom stereocenters. The molecule has 0 aromatic heterocycles. The fourth-order valence-corrected chi connectivity index (χ4v) is 11.2. The van der Waals surface area contributed by atoms with E-state index in [0.717, 1.165) is 44.9 Å². The van der Waals surface area contributed by atoms with Crippen molar-refractivity contribution in [3.63, 3.8) is 0 Å². The molecule has 0 aromatic carbocycles. The average Bonchev–Trinajstić information content (AvgIpc) is 3.45. The van der Waals surface area contributed by atoms with E-state index in [2.05, 4.69) is 67.8 Å². The van der Waals surface area contributed by atoms with Gasteiger partial charge in [-0.3, -0.25) is 4.79 Å². The Morgan fingerprint density at radius 3 is 0.873 bits per heavy atom. The second-order valence-electron chi connectivity index (χ2n) is 24.6. The van der Waals surface area contributed by atoms with Crippen molar-refractivity contribution in [3.05, 3.63) is 48.6 Å². The predicted octanol–water partition coefficient (Wildman–Crippen LogP) is 22.0. The third-order valence-corrected chi connectivity index (χ3v) is 16.7.